The van der Waals surface area contributed by atoms with Crippen molar-refractivity contribution >= 4 is 15.7 Å². The van der Waals surface area contributed by atoms with Gasteiger partial charge in [-0.25, -0.2) is 8.42 Å². The van der Waals surface area contributed by atoms with Gasteiger partial charge in [0.2, 0.25) is 10.0 Å². The first-order valence-corrected chi connectivity index (χ1v) is 7.39. The molecule has 1 aromatic rings. The van der Waals surface area contributed by atoms with Crippen LogP contribution in [0.15, 0.2) is 17.0 Å². The monoisotopic (exact) mass is 296 g/mol. The number of sulfonamides is 1. The summed E-state index contributed by atoms with van der Waals surface area (Å²) in [6.07, 6.45) is 5.15. The van der Waals surface area contributed by atoms with Crippen LogP contribution in [-0.2, 0) is 10.0 Å². The molecule has 0 spiro atoms. The molecule has 7 heteroatoms. The van der Waals surface area contributed by atoms with Crippen LogP contribution in [0.25, 0.3) is 0 Å². The van der Waals surface area contributed by atoms with Gasteiger partial charge < -0.3 is 0 Å². The van der Waals surface area contributed by atoms with Crippen LogP contribution in [0.3, 0.4) is 0 Å². The van der Waals surface area contributed by atoms with Gasteiger partial charge in [0.1, 0.15) is 0 Å². The van der Waals surface area contributed by atoms with E-state index in [0.29, 0.717) is 11.1 Å². The van der Waals surface area contributed by atoms with Crippen LogP contribution in [0.5, 0.6) is 0 Å². The van der Waals surface area contributed by atoms with Crippen LogP contribution in [0, 0.1) is 36.3 Å². The maximum atomic E-state index is 12.4. The zero-order chi connectivity index (χ0) is 15.5. The zero-order valence-electron chi connectivity index (χ0n) is 11.6. The normalized spacial score (nSPS) is 11.3. The van der Waals surface area contributed by atoms with Crippen LogP contribution in [0.1, 0.15) is 18.1 Å². The van der Waals surface area contributed by atoms with Gasteiger partial charge in [-0.15, -0.1) is 6.42 Å². The number of benzene rings is 1. The molecule has 0 bridgehead atoms. The second kappa shape index (κ2) is 6.03. The van der Waals surface area contributed by atoms with E-state index in [-0.39, 0.29) is 23.7 Å². The smallest absolute Gasteiger partial charge is 0.258 e. The van der Waals surface area contributed by atoms with E-state index in [2.05, 4.69) is 5.92 Å². The van der Waals surface area contributed by atoms with Crippen molar-refractivity contribution in [3.05, 3.63) is 33.4 Å². The molecule has 0 aromatic heterocycles. The summed E-state index contributed by atoms with van der Waals surface area (Å²) < 4.78 is 25.9. The fourth-order valence-electron chi connectivity index (χ4n) is 1.76. The molecule has 0 unspecified atom stereocenters. The predicted octanol–water partition coefficient (Wildman–Crippen LogP) is 1.86. The van der Waals surface area contributed by atoms with Gasteiger partial charge >= 0.3 is 0 Å². The Kier molecular flexibility index (Phi) is 4.87. The number of rotatable bonds is 5. The number of nitro benzene ring substituents is 1. The molecular formula is C13H16N2O4S. The second-order valence-corrected chi connectivity index (χ2v) is 6.21. The van der Waals surface area contributed by atoms with E-state index in [4.69, 9.17) is 6.42 Å². The number of aryl methyl sites for hydroxylation is 1. The Morgan fingerprint density at radius 1 is 1.40 bits per heavy atom. The molecule has 108 valence electrons. The van der Waals surface area contributed by atoms with Crippen molar-refractivity contribution in [1.29, 1.82) is 0 Å². The maximum absolute atomic E-state index is 12.4. The highest BCUT2D eigenvalue weighted by molar-refractivity contribution is 7.89. The van der Waals surface area contributed by atoms with Crippen LogP contribution in [0.4, 0.5) is 5.69 Å². The third-order valence-electron chi connectivity index (χ3n) is 3.07. The maximum Gasteiger partial charge on any atom is 0.273 e. The lowest BCUT2D eigenvalue weighted by Crippen LogP contribution is -2.31. The SMILES string of the molecule is C#CCN(CC)S(=O)(=O)c1cc(C)c(C)c([N+](=O)[O-])c1. The van der Waals surface area contributed by atoms with Gasteiger partial charge in [-0.3, -0.25) is 10.1 Å². The van der Waals surface area contributed by atoms with Gasteiger partial charge in [0.05, 0.1) is 16.4 Å². The molecule has 0 saturated carbocycles. The highest BCUT2D eigenvalue weighted by Crippen LogP contribution is 2.27. The van der Waals surface area contributed by atoms with Gasteiger partial charge in [0.25, 0.3) is 5.69 Å². The number of nitrogens with zero attached hydrogens (tertiary/aromatic N) is 2. The van der Waals surface area contributed by atoms with Crippen molar-refractivity contribution in [1.82, 2.24) is 4.31 Å². The Labute approximate surface area is 118 Å². The summed E-state index contributed by atoms with van der Waals surface area (Å²) in [4.78, 5) is 10.3. The third-order valence-corrected chi connectivity index (χ3v) is 4.97. The average Bonchev–Trinajstić information content (AvgIpc) is 2.38. The molecular weight excluding hydrogens is 280 g/mol. The number of terminal acetylenes is 1. The first-order chi connectivity index (χ1) is 9.25. The van der Waals surface area contributed by atoms with E-state index in [0.717, 1.165) is 10.4 Å². The van der Waals surface area contributed by atoms with Crippen LogP contribution < -0.4 is 0 Å². The van der Waals surface area contributed by atoms with Crippen LogP contribution >= 0.6 is 0 Å². The summed E-state index contributed by atoms with van der Waals surface area (Å²) in [5, 5.41) is 11.0. The average molecular weight is 296 g/mol. The van der Waals surface area contributed by atoms with E-state index in [1.165, 1.54) is 6.07 Å². The summed E-state index contributed by atoms with van der Waals surface area (Å²) in [5.41, 5.74) is 0.795. The minimum Gasteiger partial charge on any atom is -0.258 e. The first kappa shape index (κ1) is 16.1. The van der Waals surface area contributed by atoms with Crippen molar-refractivity contribution in [3.8, 4) is 12.3 Å². The van der Waals surface area contributed by atoms with Crippen LogP contribution in [-0.4, -0.2) is 30.7 Å². The highest BCUT2D eigenvalue weighted by Gasteiger charge is 2.26. The Bertz CT molecular complexity index is 674. The van der Waals surface area contributed by atoms with E-state index >= 15 is 0 Å². The van der Waals surface area contributed by atoms with Crippen molar-refractivity contribution < 1.29 is 13.3 Å². The Hall–Kier alpha value is -1.91. The third kappa shape index (κ3) is 2.98. The van der Waals surface area contributed by atoms with E-state index in [9.17, 15) is 18.5 Å². The van der Waals surface area contributed by atoms with Gasteiger partial charge in [0, 0.05) is 18.2 Å². The lowest BCUT2D eigenvalue weighted by molar-refractivity contribution is -0.385. The summed E-state index contributed by atoms with van der Waals surface area (Å²) in [7, 11) is -3.82. The molecule has 0 aliphatic carbocycles. The molecule has 1 aromatic carbocycles. The van der Waals surface area contributed by atoms with Gasteiger partial charge in [-0.1, -0.05) is 12.8 Å². The molecule has 6 nitrogen and oxygen atoms in total. The lowest BCUT2D eigenvalue weighted by atomic mass is 10.1. The van der Waals surface area contributed by atoms with Gasteiger partial charge in [-0.05, 0) is 25.5 Å². The lowest BCUT2D eigenvalue weighted by Gasteiger charge is -2.18. The van der Waals surface area contributed by atoms with Crippen molar-refractivity contribution in [2.24, 2.45) is 0 Å². The van der Waals surface area contributed by atoms with E-state index < -0.39 is 14.9 Å². The van der Waals surface area contributed by atoms with Crippen LogP contribution in [0.2, 0.25) is 0 Å². The Morgan fingerprint density at radius 2 is 2.00 bits per heavy atom. The van der Waals surface area contributed by atoms with Gasteiger partial charge in [0.15, 0.2) is 0 Å². The largest absolute Gasteiger partial charge is 0.273 e. The number of hydrogen-bond acceptors (Lipinski definition) is 4. The fraction of sp³-hybridized carbons (Fsp3) is 0.385. The zero-order valence-corrected chi connectivity index (χ0v) is 12.4. The summed E-state index contributed by atoms with van der Waals surface area (Å²) in [6, 6.07) is 2.51. The first-order valence-electron chi connectivity index (χ1n) is 5.95. The standard InChI is InChI=1S/C13H16N2O4S/c1-5-7-14(6-2)20(18,19)12-8-10(3)11(4)13(9-12)15(16)17/h1,8-9H,6-7H2,2-4H3. The summed E-state index contributed by atoms with van der Waals surface area (Å²) in [5.74, 6) is 2.27. The van der Waals surface area contributed by atoms with Crippen molar-refractivity contribution in [3.63, 3.8) is 0 Å². The van der Waals surface area contributed by atoms with E-state index in [1.54, 1.807) is 20.8 Å². The molecule has 20 heavy (non-hydrogen) atoms. The molecule has 0 N–H and O–H groups in total. The number of nitro groups is 1. The summed E-state index contributed by atoms with van der Waals surface area (Å²) >= 11 is 0. The van der Waals surface area contributed by atoms with E-state index in [1.807, 2.05) is 0 Å². The molecule has 0 aliphatic rings. The molecule has 0 fully saturated rings. The molecule has 0 aliphatic heterocycles. The Balaban J connectivity index is 3.47. The molecule has 0 atom stereocenters. The highest BCUT2D eigenvalue weighted by atomic mass is 32.2. The molecule has 1 rings (SSSR count). The topological polar surface area (TPSA) is 80.5 Å². The van der Waals surface area contributed by atoms with Crippen molar-refractivity contribution in [2.75, 3.05) is 13.1 Å². The minimum absolute atomic E-state index is 0.0699. The molecule has 0 amide bonds. The molecule has 0 radical (unpaired) electrons. The molecule has 0 heterocycles. The predicted molar refractivity (Wildman–Crippen MR) is 75.8 cm³/mol. The Morgan fingerprint density at radius 3 is 2.45 bits per heavy atom. The molecule has 0 saturated heterocycles. The van der Waals surface area contributed by atoms with Gasteiger partial charge in [-0.2, -0.15) is 4.31 Å². The fourth-order valence-corrected chi connectivity index (χ4v) is 3.23. The van der Waals surface area contributed by atoms with Crippen molar-refractivity contribution in [2.45, 2.75) is 25.7 Å². The minimum atomic E-state index is -3.82. The quantitative estimate of drug-likeness (QED) is 0.472. The second-order valence-electron chi connectivity index (χ2n) is 4.28. The number of hydrogen-bond donors (Lipinski definition) is 0. The summed E-state index contributed by atoms with van der Waals surface area (Å²) in [6.45, 7) is 5.01.